The summed E-state index contributed by atoms with van der Waals surface area (Å²) >= 11 is 2.48. The standard InChI is InChI=1S/C16H32P4S/c1-11(2,3)14-18-15(12(4,5)6)19(14)16(21-15,13(7,8)9)20(14)17-10/h17-18H,1-10H3/t14?,15-,16+,19?,20?/m1/s1. The quantitative estimate of drug-likeness (QED) is 0.420. The lowest BCUT2D eigenvalue weighted by atomic mass is 9.97. The molecule has 5 heteroatoms. The summed E-state index contributed by atoms with van der Waals surface area (Å²) in [6.45, 7) is 25.4. The van der Waals surface area contributed by atoms with Crippen LogP contribution in [0, 0.1) is 16.2 Å². The van der Waals surface area contributed by atoms with Gasteiger partial charge in [-0.25, -0.2) is 0 Å². The van der Waals surface area contributed by atoms with Crippen molar-refractivity contribution >= 4 is 44.1 Å². The van der Waals surface area contributed by atoms with Crippen molar-refractivity contribution < 1.29 is 0 Å². The molecule has 0 aromatic carbocycles. The Kier molecular flexibility index (Phi) is 3.77. The SMILES string of the molecule is CPP1C2(C(C)(C)C)P[C@@]3(C(C)(C)C)S[C@@]1(C(C)(C)C)P23. The van der Waals surface area contributed by atoms with Crippen LogP contribution in [0.3, 0.4) is 0 Å². The van der Waals surface area contributed by atoms with Crippen molar-refractivity contribution in [1.29, 1.82) is 0 Å². The fraction of sp³-hybridized carbons (Fsp3) is 1.00. The van der Waals surface area contributed by atoms with Crippen molar-refractivity contribution in [2.45, 2.75) is 75.4 Å². The van der Waals surface area contributed by atoms with Gasteiger partial charge in [0.15, 0.2) is 0 Å². The Morgan fingerprint density at radius 2 is 1.38 bits per heavy atom. The first-order chi connectivity index (χ1) is 9.22. The Hall–Kier alpha value is 2.07. The fourth-order valence-corrected chi connectivity index (χ4v) is 40.1. The molecule has 0 aromatic rings. The molecule has 5 unspecified atom stereocenters. The van der Waals surface area contributed by atoms with E-state index in [2.05, 4.69) is 80.7 Å². The van der Waals surface area contributed by atoms with E-state index in [1.807, 2.05) is 0 Å². The molecule has 7 atom stereocenters. The summed E-state index contributed by atoms with van der Waals surface area (Å²) in [5.41, 5.74) is 1.51. The van der Waals surface area contributed by atoms with Gasteiger partial charge in [0.25, 0.3) is 0 Å². The first-order valence-corrected chi connectivity index (χ1v) is 14.8. The maximum atomic E-state index is 2.56. The lowest BCUT2D eigenvalue weighted by Crippen LogP contribution is -2.77. The molecule has 3 rings (SSSR count). The van der Waals surface area contributed by atoms with Gasteiger partial charge in [0.05, 0.1) is 8.46 Å². The summed E-state index contributed by atoms with van der Waals surface area (Å²) in [7, 11) is 2.79. The fourth-order valence-electron chi connectivity index (χ4n) is 4.39. The molecule has 3 heterocycles. The van der Waals surface area contributed by atoms with Gasteiger partial charge in [-0.3, -0.25) is 0 Å². The Morgan fingerprint density at radius 3 is 1.71 bits per heavy atom. The van der Waals surface area contributed by atoms with Crippen LogP contribution < -0.4 is 0 Å². The molecule has 3 aliphatic heterocycles. The van der Waals surface area contributed by atoms with Crippen molar-refractivity contribution in [1.82, 2.24) is 0 Å². The minimum Gasteiger partial charge on any atom is -0.128 e. The molecule has 0 radical (unpaired) electrons. The zero-order valence-electron chi connectivity index (χ0n) is 15.3. The predicted molar refractivity (Wildman–Crippen MR) is 111 cm³/mol. The molecule has 0 bridgehead atoms. The van der Waals surface area contributed by atoms with Gasteiger partial charge in [-0.2, -0.15) is 0 Å². The lowest BCUT2D eigenvalue weighted by Gasteiger charge is -2.96. The van der Waals surface area contributed by atoms with E-state index in [9.17, 15) is 0 Å². The highest BCUT2D eigenvalue weighted by Crippen LogP contribution is 3.26. The van der Waals surface area contributed by atoms with Crippen molar-refractivity contribution in [3.8, 4) is 0 Å². The highest BCUT2D eigenvalue weighted by molar-refractivity contribution is 8.53. The van der Waals surface area contributed by atoms with Crippen molar-refractivity contribution in [3.63, 3.8) is 0 Å². The van der Waals surface area contributed by atoms with E-state index in [0.29, 0.717) is 24.7 Å². The summed E-state index contributed by atoms with van der Waals surface area (Å²) in [6, 6.07) is 0. The van der Waals surface area contributed by atoms with Gasteiger partial charge in [0.2, 0.25) is 0 Å². The molecular formula is C16H32P4S. The zero-order chi connectivity index (χ0) is 16.3. The molecule has 0 N–H and O–H groups in total. The lowest BCUT2D eigenvalue weighted by molar-refractivity contribution is 0.325. The van der Waals surface area contributed by atoms with Gasteiger partial charge in [0.1, 0.15) is 0 Å². The predicted octanol–water partition coefficient (Wildman–Crippen LogP) is 7.73. The summed E-state index contributed by atoms with van der Waals surface area (Å²) in [5.74, 6) is 0. The third kappa shape index (κ3) is 1.67. The highest BCUT2D eigenvalue weighted by Gasteiger charge is 2.96. The largest absolute Gasteiger partial charge is 0.128 e. The van der Waals surface area contributed by atoms with Gasteiger partial charge in [-0.15, -0.1) is 11.8 Å². The molecular weight excluding hydrogens is 348 g/mol. The first kappa shape index (κ1) is 17.9. The molecule has 0 saturated carbocycles. The molecule has 0 nitrogen and oxygen atoms in total. The molecule has 0 aromatic heterocycles. The van der Waals surface area contributed by atoms with E-state index in [-0.39, 0.29) is 15.5 Å². The molecule has 3 aliphatic rings. The van der Waals surface area contributed by atoms with E-state index >= 15 is 0 Å². The van der Waals surface area contributed by atoms with Crippen LogP contribution in [0.1, 0.15) is 62.3 Å². The van der Waals surface area contributed by atoms with E-state index in [0.717, 1.165) is 4.64 Å². The minimum absolute atomic E-state index is 0.187. The first-order valence-electron chi connectivity index (χ1n) is 8.00. The zero-order valence-corrected chi connectivity index (χ0v) is 19.9. The smallest absolute Gasteiger partial charge is 0.0688 e. The average molecular weight is 380 g/mol. The highest BCUT2D eigenvalue weighted by atomic mass is 32.2. The van der Waals surface area contributed by atoms with Crippen LogP contribution >= 0.6 is 44.1 Å². The van der Waals surface area contributed by atoms with Crippen molar-refractivity contribution in [2.24, 2.45) is 16.2 Å². The Bertz CT molecular complexity index is 452. The number of thioether (sulfide) groups is 1. The van der Waals surface area contributed by atoms with Crippen LogP contribution in [0.15, 0.2) is 0 Å². The van der Waals surface area contributed by atoms with Crippen LogP contribution in [0.5, 0.6) is 0 Å². The number of hydrogen-bond acceptors (Lipinski definition) is 1. The van der Waals surface area contributed by atoms with Gasteiger partial charge in [-0.05, 0) is 38.4 Å². The molecule has 0 aliphatic carbocycles. The molecule has 0 amide bonds. The topological polar surface area (TPSA) is 0 Å². The summed E-state index contributed by atoms with van der Waals surface area (Å²) in [5, 5.41) is 0. The van der Waals surface area contributed by atoms with E-state index in [1.165, 1.54) is 16.9 Å². The Morgan fingerprint density at radius 1 is 0.857 bits per heavy atom. The molecule has 122 valence electrons. The molecule has 21 heavy (non-hydrogen) atoms. The third-order valence-electron chi connectivity index (χ3n) is 5.47. The normalized spacial score (nSPS) is 50.6. The molecule has 0 spiro atoms. The second-order valence-corrected chi connectivity index (χ2v) is 24.0. The van der Waals surface area contributed by atoms with E-state index in [1.54, 1.807) is 0 Å². The second kappa shape index (κ2) is 4.42. The van der Waals surface area contributed by atoms with Crippen LogP contribution in [-0.2, 0) is 0 Å². The van der Waals surface area contributed by atoms with Gasteiger partial charge >= 0.3 is 0 Å². The van der Waals surface area contributed by atoms with Gasteiger partial charge < -0.3 is 0 Å². The third-order valence-corrected chi connectivity index (χ3v) is 30.5. The van der Waals surface area contributed by atoms with Crippen LogP contribution in [0.25, 0.3) is 0 Å². The number of rotatable bonds is 1. The summed E-state index contributed by atoms with van der Waals surface area (Å²) < 4.78 is 2.13. The second-order valence-electron chi connectivity index (χ2n) is 9.80. The monoisotopic (exact) mass is 380 g/mol. The Labute approximate surface area is 142 Å². The average Bonchev–Trinajstić information content (AvgIpc) is 2.21. The maximum absolute atomic E-state index is 2.56. The van der Waals surface area contributed by atoms with Gasteiger partial charge in [-0.1, -0.05) is 79.2 Å². The van der Waals surface area contributed by atoms with Crippen molar-refractivity contribution in [3.05, 3.63) is 0 Å². The van der Waals surface area contributed by atoms with Crippen LogP contribution in [-0.4, -0.2) is 19.8 Å². The Balaban J connectivity index is 2.10. The summed E-state index contributed by atoms with van der Waals surface area (Å²) in [6.07, 6.45) is 0. The molecule has 3 fully saturated rings. The van der Waals surface area contributed by atoms with Crippen LogP contribution in [0.4, 0.5) is 0 Å². The molecule has 3 saturated heterocycles. The van der Waals surface area contributed by atoms with Crippen molar-refractivity contribution in [2.75, 3.05) is 6.66 Å². The van der Waals surface area contributed by atoms with E-state index < -0.39 is 0 Å². The van der Waals surface area contributed by atoms with E-state index in [4.69, 9.17) is 0 Å². The summed E-state index contributed by atoms with van der Waals surface area (Å²) in [4.78, 5) is 0. The maximum Gasteiger partial charge on any atom is 0.0688 e. The van der Waals surface area contributed by atoms with Crippen LogP contribution in [0.2, 0.25) is 0 Å². The number of hydrogen-bond donors (Lipinski definition) is 0. The minimum atomic E-state index is 0.187. The van der Waals surface area contributed by atoms with Gasteiger partial charge in [0, 0.05) is 4.64 Å².